The van der Waals surface area contributed by atoms with Crippen molar-refractivity contribution in [2.75, 3.05) is 6.54 Å². The molecule has 0 aliphatic carbocycles. The Bertz CT molecular complexity index is 338. The largest absolute Gasteiger partial charge is 0.480 e. The van der Waals surface area contributed by atoms with Crippen molar-refractivity contribution in [1.82, 2.24) is 5.32 Å². The van der Waals surface area contributed by atoms with Crippen LogP contribution in [0.5, 0.6) is 0 Å². The van der Waals surface area contributed by atoms with Crippen molar-refractivity contribution in [2.24, 2.45) is 5.73 Å². The molecule has 0 aliphatic rings. The predicted octanol–water partition coefficient (Wildman–Crippen LogP) is 1.01. The van der Waals surface area contributed by atoms with E-state index in [0.29, 0.717) is 6.42 Å². The number of aliphatic carboxylic acids is 1. The number of amides is 1. The minimum atomic E-state index is -1.14. The van der Waals surface area contributed by atoms with Crippen LogP contribution in [0.25, 0.3) is 5.32 Å². The number of carbonyl (C=O) groups excluding carboxylic acids is 1. The molecule has 19 heavy (non-hydrogen) atoms. The van der Waals surface area contributed by atoms with Gasteiger partial charge in [-0.3, -0.25) is 0 Å². The standard InChI is InChI=1S/C11H22N4O4/c1-11(2,3)19-10(18)15-7(8(16)17)5-4-6-14-9(12)13/h7H,4-6H2,1-3H3,(H6,12,13,14,15,16,17,18)/p-1/t7-/m0/s1. The molecule has 0 saturated heterocycles. The molecule has 0 saturated carbocycles. The lowest BCUT2D eigenvalue weighted by atomic mass is 10.1. The Labute approximate surface area is 112 Å². The van der Waals surface area contributed by atoms with Gasteiger partial charge >= 0.3 is 12.1 Å². The number of carboxylic acid groups (broad SMARTS) is 1. The van der Waals surface area contributed by atoms with E-state index in [2.05, 4.69) is 10.6 Å². The number of ether oxygens (including phenoxy) is 1. The zero-order valence-electron chi connectivity index (χ0n) is 11.4. The molecule has 0 aromatic heterocycles. The van der Waals surface area contributed by atoms with E-state index in [1.54, 1.807) is 20.8 Å². The average Bonchev–Trinajstić information content (AvgIpc) is 2.19. The summed E-state index contributed by atoms with van der Waals surface area (Å²) in [5, 5.41) is 21.7. The minimum Gasteiger partial charge on any atom is -0.480 e. The van der Waals surface area contributed by atoms with Gasteiger partial charge in [-0.25, -0.2) is 9.59 Å². The molecule has 0 aromatic carbocycles. The van der Waals surface area contributed by atoms with E-state index in [1.807, 2.05) is 0 Å². The lowest BCUT2D eigenvalue weighted by Gasteiger charge is -2.22. The fourth-order valence-electron chi connectivity index (χ4n) is 1.20. The van der Waals surface area contributed by atoms with Crippen LogP contribution >= 0.6 is 0 Å². The van der Waals surface area contributed by atoms with Crippen molar-refractivity contribution in [2.45, 2.75) is 45.3 Å². The molecule has 0 heterocycles. The second kappa shape index (κ2) is 7.45. The van der Waals surface area contributed by atoms with Gasteiger partial charge in [-0.2, -0.15) is 0 Å². The van der Waals surface area contributed by atoms with Crippen molar-refractivity contribution in [3.63, 3.8) is 0 Å². The van der Waals surface area contributed by atoms with Gasteiger partial charge in [0, 0.05) is 0 Å². The fourth-order valence-corrected chi connectivity index (χ4v) is 1.20. The van der Waals surface area contributed by atoms with Crippen LogP contribution in [-0.2, 0) is 9.53 Å². The van der Waals surface area contributed by atoms with E-state index < -0.39 is 23.7 Å². The average molecular weight is 273 g/mol. The highest BCUT2D eigenvalue weighted by molar-refractivity contribution is 5.87. The zero-order valence-corrected chi connectivity index (χ0v) is 11.4. The zero-order chi connectivity index (χ0) is 15.1. The Kier molecular flexibility index (Phi) is 6.67. The Morgan fingerprint density at radius 3 is 2.47 bits per heavy atom. The van der Waals surface area contributed by atoms with Crippen LogP contribution in [0.15, 0.2) is 0 Å². The second-order valence-corrected chi connectivity index (χ2v) is 4.95. The topological polar surface area (TPSA) is 140 Å². The summed E-state index contributed by atoms with van der Waals surface area (Å²) < 4.78 is 4.97. The van der Waals surface area contributed by atoms with Crippen LogP contribution in [-0.4, -0.2) is 41.3 Å². The molecule has 0 aliphatic heterocycles. The summed E-state index contributed by atoms with van der Waals surface area (Å²) in [6.07, 6.45) is -0.194. The van der Waals surface area contributed by atoms with Crippen molar-refractivity contribution >= 4 is 18.0 Å². The third kappa shape index (κ3) is 9.69. The van der Waals surface area contributed by atoms with Crippen LogP contribution in [0.4, 0.5) is 4.79 Å². The number of alkyl carbamates (subject to hydrolysis) is 1. The number of nitrogens with one attached hydrogen (secondary N) is 2. The first kappa shape index (κ1) is 17.0. The van der Waals surface area contributed by atoms with E-state index in [1.165, 1.54) is 0 Å². The SMILES string of the molecule is CC(C)(C)OC(=O)N[C@@H](CCC[N-]C(=N)N)C(=O)O. The summed E-state index contributed by atoms with van der Waals surface area (Å²) in [5.74, 6) is -1.44. The number of hydrogen-bond acceptors (Lipinski definition) is 4. The number of guanidine groups is 1. The normalized spacial score (nSPS) is 12.4. The Morgan fingerprint density at radius 2 is 2.05 bits per heavy atom. The molecular formula is C11H21N4O4-. The lowest BCUT2D eigenvalue weighted by Crippen LogP contribution is -2.43. The van der Waals surface area contributed by atoms with Crippen LogP contribution in [0.2, 0.25) is 0 Å². The summed E-state index contributed by atoms with van der Waals surface area (Å²) in [6.45, 7) is 5.31. The molecular weight excluding hydrogens is 252 g/mol. The van der Waals surface area contributed by atoms with Gasteiger partial charge in [-0.05, 0) is 46.1 Å². The Morgan fingerprint density at radius 1 is 1.47 bits per heavy atom. The maximum Gasteiger partial charge on any atom is 0.408 e. The molecule has 0 unspecified atom stereocenters. The number of nitrogens with zero attached hydrogens (tertiary/aromatic N) is 1. The molecule has 5 N–H and O–H groups in total. The Balaban J connectivity index is 4.16. The Hall–Kier alpha value is -1.99. The van der Waals surface area contributed by atoms with Crippen LogP contribution < -0.4 is 11.1 Å². The van der Waals surface area contributed by atoms with E-state index >= 15 is 0 Å². The van der Waals surface area contributed by atoms with Crippen LogP contribution in [0, 0.1) is 5.41 Å². The molecule has 8 nitrogen and oxygen atoms in total. The number of rotatable bonds is 6. The number of nitrogens with two attached hydrogens (primary N) is 1. The fraction of sp³-hybridized carbons (Fsp3) is 0.727. The summed E-state index contributed by atoms with van der Waals surface area (Å²) in [6, 6.07) is -1.04. The van der Waals surface area contributed by atoms with Crippen molar-refractivity contribution < 1.29 is 19.4 Å². The maximum absolute atomic E-state index is 11.4. The van der Waals surface area contributed by atoms with Gasteiger partial charge in [0.2, 0.25) is 0 Å². The number of carboxylic acids is 1. The monoisotopic (exact) mass is 273 g/mol. The van der Waals surface area contributed by atoms with Gasteiger partial charge in [0.05, 0.1) is 0 Å². The highest BCUT2D eigenvalue weighted by atomic mass is 16.6. The molecule has 0 radical (unpaired) electrons. The van der Waals surface area contributed by atoms with Crippen molar-refractivity contribution in [3.05, 3.63) is 5.32 Å². The summed E-state index contributed by atoms with van der Waals surface area (Å²) in [5.41, 5.74) is 4.35. The quantitative estimate of drug-likeness (QED) is 0.325. The van der Waals surface area contributed by atoms with Gasteiger partial charge < -0.3 is 31.6 Å². The van der Waals surface area contributed by atoms with Crippen molar-refractivity contribution in [3.8, 4) is 0 Å². The summed E-state index contributed by atoms with van der Waals surface area (Å²) in [7, 11) is 0. The molecule has 0 spiro atoms. The molecule has 1 amide bonds. The smallest absolute Gasteiger partial charge is 0.408 e. The molecule has 110 valence electrons. The van der Waals surface area contributed by atoms with E-state index in [0.717, 1.165) is 0 Å². The van der Waals surface area contributed by atoms with Gasteiger partial charge in [0.1, 0.15) is 11.6 Å². The minimum absolute atomic E-state index is 0.186. The number of carbonyl (C=O) groups is 2. The molecule has 0 fully saturated rings. The molecule has 0 rings (SSSR count). The highest BCUT2D eigenvalue weighted by Crippen LogP contribution is 2.08. The summed E-state index contributed by atoms with van der Waals surface area (Å²) in [4.78, 5) is 22.4. The predicted molar refractivity (Wildman–Crippen MR) is 70.2 cm³/mol. The second-order valence-electron chi connectivity index (χ2n) is 4.95. The first-order valence-electron chi connectivity index (χ1n) is 5.85. The highest BCUT2D eigenvalue weighted by Gasteiger charge is 2.23. The molecule has 0 aromatic rings. The first-order chi connectivity index (χ1) is 8.61. The molecule has 8 heteroatoms. The first-order valence-corrected chi connectivity index (χ1v) is 5.85. The summed E-state index contributed by atoms with van der Waals surface area (Å²) >= 11 is 0. The van der Waals surface area contributed by atoms with Crippen LogP contribution in [0.3, 0.4) is 0 Å². The van der Waals surface area contributed by atoms with E-state index in [-0.39, 0.29) is 18.9 Å². The molecule has 0 bridgehead atoms. The third-order valence-electron chi connectivity index (χ3n) is 1.92. The van der Waals surface area contributed by atoms with Gasteiger partial charge in [0.25, 0.3) is 0 Å². The molecule has 1 atom stereocenters. The lowest BCUT2D eigenvalue weighted by molar-refractivity contribution is -0.139. The van der Waals surface area contributed by atoms with E-state index in [9.17, 15) is 9.59 Å². The maximum atomic E-state index is 11.4. The van der Waals surface area contributed by atoms with Gasteiger partial charge in [-0.1, -0.05) is 0 Å². The van der Waals surface area contributed by atoms with Gasteiger partial charge in [0.15, 0.2) is 0 Å². The van der Waals surface area contributed by atoms with Crippen molar-refractivity contribution in [1.29, 1.82) is 5.41 Å². The van der Waals surface area contributed by atoms with Gasteiger partial charge in [-0.15, -0.1) is 0 Å². The third-order valence-corrected chi connectivity index (χ3v) is 1.92. The van der Waals surface area contributed by atoms with Crippen LogP contribution in [0.1, 0.15) is 33.6 Å². The van der Waals surface area contributed by atoms with E-state index in [4.69, 9.17) is 21.0 Å². The number of hydrogen-bond donors (Lipinski definition) is 4.